The summed E-state index contributed by atoms with van der Waals surface area (Å²) in [5, 5.41) is 5.14. The molecule has 3 fully saturated rings. The number of rotatable bonds is 3. The van der Waals surface area contributed by atoms with Crippen LogP contribution in [0.15, 0.2) is 18.2 Å². The number of halogens is 2. The molecule has 1 aromatic rings. The van der Waals surface area contributed by atoms with Crippen molar-refractivity contribution in [2.45, 2.75) is 37.9 Å². The van der Waals surface area contributed by atoms with Crippen molar-refractivity contribution in [2.75, 3.05) is 26.2 Å². The zero-order valence-electron chi connectivity index (χ0n) is 16.5. The molecule has 4 aliphatic heterocycles. The van der Waals surface area contributed by atoms with Gasteiger partial charge in [0.2, 0.25) is 11.8 Å². The van der Waals surface area contributed by atoms with Crippen molar-refractivity contribution in [3.05, 3.63) is 34.9 Å². The van der Waals surface area contributed by atoms with Gasteiger partial charge >= 0.3 is 0 Å². The Labute approximate surface area is 172 Å². The van der Waals surface area contributed by atoms with Gasteiger partial charge in [-0.15, -0.1) is 0 Å². The van der Waals surface area contributed by atoms with Crippen molar-refractivity contribution >= 4 is 17.7 Å². The number of nitrogens with one attached hydrogen (secondary N) is 2. The van der Waals surface area contributed by atoms with Crippen LogP contribution in [0, 0.1) is 11.8 Å². The number of amides is 3. The van der Waals surface area contributed by atoms with Gasteiger partial charge in [0.25, 0.3) is 11.8 Å². The third kappa shape index (κ3) is 3.20. The van der Waals surface area contributed by atoms with Crippen LogP contribution in [-0.2, 0) is 22.7 Å². The minimum atomic E-state index is -2.70. The summed E-state index contributed by atoms with van der Waals surface area (Å²) in [6.07, 6.45) is 0.527. The van der Waals surface area contributed by atoms with Crippen LogP contribution in [0.3, 0.4) is 0 Å². The Morgan fingerprint density at radius 2 is 2.00 bits per heavy atom. The molecule has 0 radical (unpaired) electrons. The van der Waals surface area contributed by atoms with Crippen molar-refractivity contribution < 1.29 is 23.2 Å². The summed E-state index contributed by atoms with van der Waals surface area (Å²) in [6, 6.07) is 4.82. The maximum Gasteiger partial charge on any atom is 0.264 e. The van der Waals surface area contributed by atoms with Gasteiger partial charge in [0.1, 0.15) is 6.04 Å². The normalized spacial score (nSPS) is 30.9. The van der Waals surface area contributed by atoms with Crippen molar-refractivity contribution in [3.8, 4) is 0 Å². The van der Waals surface area contributed by atoms with E-state index in [1.807, 2.05) is 11.0 Å². The lowest BCUT2D eigenvalue weighted by Crippen LogP contribution is -2.52. The number of fused-ring (bicyclic) bond motifs is 2. The molecule has 1 unspecified atom stereocenters. The SMILES string of the molecule is O=C1CCC(N2Cc3c(CN4C[C@H]5CNCC(F)(F)[C@H]5C4)cccc3C2=O)C(=O)N1. The van der Waals surface area contributed by atoms with Crippen molar-refractivity contribution in [1.82, 2.24) is 20.4 Å². The van der Waals surface area contributed by atoms with E-state index in [2.05, 4.69) is 10.6 Å². The second-order valence-electron chi connectivity index (χ2n) is 8.80. The van der Waals surface area contributed by atoms with Crippen LogP contribution in [0.5, 0.6) is 0 Å². The third-order valence-electron chi connectivity index (χ3n) is 6.90. The molecule has 160 valence electrons. The molecule has 0 bridgehead atoms. The van der Waals surface area contributed by atoms with Crippen molar-refractivity contribution in [3.63, 3.8) is 0 Å². The molecular formula is C21H24F2N4O3. The Bertz CT molecular complexity index is 922. The molecule has 0 saturated carbocycles. The van der Waals surface area contributed by atoms with Crippen molar-refractivity contribution in [1.29, 1.82) is 0 Å². The predicted molar refractivity (Wildman–Crippen MR) is 103 cm³/mol. The molecule has 9 heteroatoms. The van der Waals surface area contributed by atoms with E-state index in [0.29, 0.717) is 44.7 Å². The standard InChI is InChI=1S/C21H24F2N4O3/c22-21(23)11-24-6-13-8-26(10-16(13)21)7-12-2-1-3-14-15(12)9-27(20(14)30)17-4-5-18(28)25-19(17)29/h1-3,13,16-17,24H,4-11H2,(H,25,28,29)/t13-,16+,17?/m1/s1. The molecular weight excluding hydrogens is 394 g/mol. The van der Waals surface area contributed by atoms with Gasteiger partial charge in [0, 0.05) is 44.1 Å². The van der Waals surface area contributed by atoms with E-state index in [0.717, 1.165) is 11.1 Å². The summed E-state index contributed by atoms with van der Waals surface area (Å²) in [5.41, 5.74) is 2.35. The lowest BCUT2D eigenvalue weighted by Gasteiger charge is -2.33. The number of hydrogen-bond acceptors (Lipinski definition) is 5. The zero-order valence-corrected chi connectivity index (χ0v) is 16.5. The zero-order chi connectivity index (χ0) is 21.0. The smallest absolute Gasteiger partial charge is 0.264 e. The number of alkyl halides is 2. The lowest BCUT2D eigenvalue weighted by molar-refractivity contribution is -0.136. The van der Waals surface area contributed by atoms with Gasteiger partial charge in [-0.2, -0.15) is 0 Å². The monoisotopic (exact) mass is 418 g/mol. The number of piperidine rings is 2. The molecule has 2 N–H and O–H groups in total. The average molecular weight is 418 g/mol. The van der Waals surface area contributed by atoms with Crippen LogP contribution in [-0.4, -0.2) is 65.7 Å². The summed E-state index contributed by atoms with van der Waals surface area (Å²) in [6.45, 7) is 2.08. The summed E-state index contributed by atoms with van der Waals surface area (Å²) in [5.74, 6) is -4.39. The highest BCUT2D eigenvalue weighted by molar-refractivity contribution is 6.05. The fraction of sp³-hybridized carbons (Fsp3) is 0.571. The fourth-order valence-electron chi connectivity index (χ4n) is 5.37. The number of imide groups is 1. The minimum absolute atomic E-state index is 0.0767. The molecule has 30 heavy (non-hydrogen) atoms. The molecule has 3 saturated heterocycles. The Morgan fingerprint density at radius 1 is 1.17 bits per heavy atom. The molecule has 3 amide bonds. The highest BCUT2D eigenvalue weighted by Crippen LogP contribution is 2.39. The molecule has 3 atom stereocenters. The molecule has 4 heterocycles. The first-order valence-corrected chi connectivity index (χ1v) is 10.4. The first-order valence-electron chi connectivity index (χ1n) is 10.4. The van der Waals surface area contributed by atoms with E-state index < -0.39 is 23.8 Å². The Hall–Kier alpha value is -2.39. The quantitative estimate of drug-likeness (QED) is 0.708. The number of carbonyl (C=O) groups excluding carboxylic acids is 3. The van der Waals surface area contributed by atoms with Gasteiger partial charge in [-0.25, -0.2) is 8.78 Å². The van der Waals surface area contributed by atoms with Crippen LogP contribution in [0.25, 0.3) is 0 Å². The summed E-state index contributed by atoms with van der Waals surface area (Å²) in [7, 11) is 0. The fourth-order valence-corrected chi connectivity index (χ4v) is 5.37. The minimum Gasteiger partial charge on any atom is -0.322 e. The first-order chi connectivity index (χ1) is 14.3. The highest BCUT2D eigenvalue weighted by atomic mass is 19.3. The Kier molecular flexibility index (Phi) is 4.62. The van der Waals surface area contributed by atoms with E-state index in [1.165, 1.54) is 4.90 Å². The number of hydrogen-bond donors (Lipinski definition) is 2. The molecule has 0 aliphatic carbocycles. The topological polar surface area (TPSA) is 81.8 Å². The maximum absolute atomic E-state index is 14.3. The van der Waals surface area contributed by atoms with Gasteiger partial charge in [-0.1, -0.05) is 12.1 Å². The second-order valence-corrected chi connectivity index (χ2v) is 8.80. The van der Waals surface area contributed by atoms with Gasteiger partial charge in [-0.05, 0) is 36.1 Å². The molecule has 5 rings (SSSR count). The van der Waals surface area contributed by atoms with Crippen LogP contribution in [0.1, 0.15) is 34.3 Å². The largest absolute Gasteiger partial charge is 0.322 e. The van der Waals surface area contributed by atoms with Crippen molar-refractivity contribution in [2.24, 2.45) is 11.8 Å². The molecule has 1 aromatic carbocycles. The predicted octanol–water partition coefficient (Wildman–Crippen LogP) is 0.734. The van der Waals surface area contributed by atoms with E-state index >= 15 is 0 Å². The summed E-state index contributed by atoms with van der Waals surface area (Å²) >= 11 is 0. The third-order valence-corrected chi connectivity index (χ3v) is 6.90. The summed E-state index contributed by atoms with van der Waals surface area (Å²) in [4.78, 5) is 40.2. The van der Waals surface area contributed by atoms with E-state index in [4.69, 9.17) is 0 Å². The second kappa shape index (κ2) is 7.09. The van der Waals surface area contributed by atoms with E-state index in [-0.39, 0.29) is 30.7 Å². The van der Waals surface area contributed by atoms with E-state index in [9.17, 15) is 23.2 Å². The number of benzene rings is 1. The first kappa shape index (κ1) is 19.6. The van der Waals surface area contributed by atoms with Crippen LogP contribution in [0.4, 0.5) is 8.78 Å². The number of likely N-dealkylation sites (tertiary alicyclic amines) is 1. The van der Waals surface area contributed by atoms with Crippen LogP contribution >= 0.6 is 0 Å². The lowest BCUT2D eigenvalue weighted by atomic mass is 9.87. The highest BCUT2D eigenvalue weighted by Gasteiger charge is 2.51. The Morgan fingerprint density at radius 3 is 2.77 bits per heavy atom. The maximum atomic E-state index is 14.3. The van der Waals surface area contributed by atoms with Gasteiger partial charge < -0.3 is 10.2 Å². The van der Waals surface area contributed by atoms with Crippen LogP contribution < -0.4 is 10.6 Å². The number of carbonyl (C=O) groups is 3. The average Bonchev–Trinajstić information content (AvgIpc) is 3.25. The van der Waals surface area contributed by atoms with E-state index in [1.54, 1.807) is 12.1 Å². The van der Waals surface area contributed by atoms with Crippen LogP contribution in [0.2, 0.25) is 0 Å². The Balaban J connectivity index is 1.34. The summed E-state index contributed by atoms with van der Waals surface area (Å²) < 4.78 is 28.5. The molecule has 0 spiro atoms. The van der Waals surface area contributed by atoms with Gasteiger partial charge in [0.15, 0.2) is 0 Å². The van der Waals surface area contributed by atoms with Gasteiger partial charge in [-0.3, -0.25) is 24.6 Å². The molecule has 4 aliphatic rings. The molecule has 7 nitrogen and oxygen atoms in total. The van der Waals surface area contributed by atoms with Gasteiger partial charge in [0.05, 0.1) is 6.54 Å². The number of nitrogens with zero attached hydrogens (tertiary/aromatic N) is 2. The molecule has 0 aromatic heterocycles.